The smallest absolute Gasteiger partial charge is 0.407 e. The van der Waals surface area contributed by atoms with Gasteiger partial charge in [0.25, 0.3) is 0 Å². The number of alkyl carbamates (subject to hydrolysis) is 1. The van der Waals surface area contributed by atoms with Crippen LogP contribution < -0.4 is 5.32 Å². The molecule has 0 radical (unpaired) electrons. The number of hydrogen-bond donors (Lipinski definition) is 2. The zero-order chi connectivity index (χ0) is 16.1. The summed E-state index contributed by atoms with van der Waals surface area (Å²) in [6, 6.07) is 17.6. The van der Waals surface area contributed by atoms with Crippen LogP contribution in [0.4, 0.5) is 4.79 Å². The zero-order valence-electron chi connectivity index (χ0n) is 13.0. The molecule has 120 valence electrons. The van der Waals surface area contributed by atoms with Crippen molar-refractivity contribution < 1.29 is 14.6 Å². The van der Waals surface area contributed by atoms with Crippen LogP contribution in [0.15, 0.2) is 54.6 Å². The maximum Gasteiger partial charge on any atom is 0.407 e. The topological polar surface area (TPSA) is 58.6 Å². The molecule has 4 heteroatoms. The Bertz CT molecular complexity index is 671. The Morgan fingerprint density at radius 1 is 1.09 bits per heavy atom. The standard InChI is InChI=1S/C19H21NO3/c21-18(23-13-15-6-2-1-3-7-15)20-14-19(22)11-10-16-8-4-5-9-17(16)12-19/h1-9,22H,10-14H2,(H,20,21). The van der Waals surface area contributed by atoms with E-state index in [1.54, 1.807) is 0 Å². The van der Waals surface area contributed by atoms with E-state index in [0.717, 1.165) is 17.5 Å². The Kier molecular flexibility index (Phi) is 4.63. The van der Waals surface area contributed by atoms with Crippen molar-refractivity contribution in [3.8, 4) is 0 Å². The van der Waals surface area contributed by atoms with Gasteiger partial charge in [-0.05, 0) is 29.5 Å². The predicted octanol–water partition coefficient (Wildman–Crippen LogP) is 2.83. The number of carbonyl (C=O) groups excluding carboxylic acids is 1. The lowest BCUT2D eigenvalue weighted by Crippen LogP contribution is -2.46. The molecule has 1 unspecified atom stereocenters. The zero-order valence-corrected chi connectivity index (χ0v) is 13.0. The van der Waals surface area contributed by atoms with E-state index in [4.69, 9.17) is 4.74 Å². The lowest BCUT2D eigenvalue weighted by Gasteiger charge is -2.33. The second kappa shape index (κ2) is 6.84. The monoisotopic (exact) mass is 311 g/mol. The molecule has 1 aliphatic rings. The first-order valence-corrected chi connectivity index (χ1v) is 7.88. The minimum absolute atomic E-state index is 0.203. The summed E-state index contributed by atoms with van der Waals surface area (Å²) in [5, 5.41) is 13.4. The molecule has 1 amide bonds. The van der Waals surface area contributed by atoms with Crippen LogP contribution in [0.1, 0.15) is 23.1 Å². The van der Waals surface area contributed by atoms with Gasteiger partial charge in [-0.2, -0.15) is 0 Å². The van der Waals surface area contributed by atoms with E-state index >= 15 is 0 Å². The molecule has 2 aromatic carbocycles. The molecule has 0 aliphatic heterocycles. The molecule has 0 fully saturated rings. The second-order valence-corrected chi connectivity index (χ2v) is 6.09. The van der Waals surface area contributed by atoms with E-state index in [-0.39, 0.29) is 13.2 Å². The van der Waals surface area contributed by atoms with E-state index in [9.17, 15) is 9.90 Å². The van der Waals surface area contributed by atoms with Crippen molar-refractivity contribution in [1.82, 2.24) is 5.32 Å². The Hall–Kier alpha value is -2.33. The van der Waals surface area contributed by atoms with Gasteiger partial charge in [-0.3, -0.25) is 0 Å². The number of aliphatic hydroxyl groups is 1. The number of nitrogens with one attached hydrogen (secondary N) is 1. The highest BCUT2D eigenvalue weighted by Gasteiger charge is 2.32. The summed E-state index contributed by atoms with van der Waals surface area (Å²) in [5.41, 5.74) is 2.47. The van der Waals surface area contributed by atoms with Crippen LogP contribution in [0.5, 0.6) is 0 Å². The maximum absolute atomic E-state index is 11.8. The fourth-order valence-electron chi connectivity index (χ4n) is 2.95. The summed E-state index contributed by atoms with van der Waals surface area (Å²) >= 11 is 0. The largest absolute Gasteiger partial charge is 0.445 e. The van der Waals surface area contributed by atoms with Gasteiger partial charge >= 0.3 is 6.09 Å². The molecule has 3 rings (SSSR count). The average Bonchev–Trinajstić information content (AvgIpc) is 2.59. The number of rotatable bonds is 4. The average molecular weight is 311 g/mol. The fourth-order valence-corrected chi connectivity index (χ4v) is 2.95. The first-order valence-electron chi connectivity index (χ1n) is 7.88. The van der Waals surface area contributed by atoms with Crippen molar-refractivity contribution in [2.75, 3.05) is 6.54 Å². The summed E-state index contributed by atoms with van der Waals surface area (Å²) < 4.78 is 5.17. The van der Waals surface area contributed by atoms with Gasteiger partial charge in [0.15, 0.2) is 0 Å². The number of hydrogen-bond acceptors (Lipinski definition) is 3. The Labute approximate surface area is 136 Å². The Balaban J connectivity index is 1.49. The van der Waals surface area contributed by atoms with Gasteiger partial charge in [-0.1, -0.05) is 54.6 Å². The number of ether oxygens (including phenoxy) is 1. The Morgan fingerprint density at radius 2 is 1.78 bits per heavy atom. The molecular weight excluding hydrogens is 290 g/mol. The molecule has 0 bridgehead atoms. The van der Waals surface area contributed by atoms with Gasteiger partial charge in [-0.25, -0.2) is 4.79 Å². The molecule has 0 spiro atoms. The summed E-state index contributed by atoms with van der Waals surface area (Å²) in [5.74, 6) is 0. The molecule has 23 heavy (non-hydrogen) atoms. The normalized spacial score (nSPS) is 19.7. The SMILES string of the molecule is O=C(NCC1(O)CCc2ccccc2C1)OCc1ccccc1. The van der Waals surface area contributed by atoms with Crippen LogP contribution in [-0.2, 0) is 24.2 Å². The lowest BCUT2D eigenvalue weighted by atomic mass is 9.80. The highest BCUT2D eigenvalue weighted by atomic mass is 16.5. The van der Waals surface area contributed by atoms with E-state index in [1.807, 2.05) is 48.5 Å². The summed E-state index contributed by atoms with van der Waals surface area (Å²) in [6.45, 7) is 0.433. The molecule has 0 saturated carbocycles. The van der Waals surface area contributed by atoms with Crippen LogP contribution in [0.2, 0.25) is 0 Å². The quantitative estimate of drug-likeness (QED) is 0.913. The van der Waals surface area contributed by atoms with Crippen molar-refractivity contribution in [1.29, 1.82) is 0 Å². The molecule has 2 aromatic rings. The number of amides is 1. The third-order valence-corrected chi connectivity index (χ3v) is 4.27. The fraction of sp³-hybridized carbons (Fsp3) is 0.316. The number of carbonyl (C=O) groups is 1. The van der Waals surface area contributed by atoms with Crippen molar-refractivity contribution in [2.45, 2.75) is 31.5 Å². The van der Waals surface area contributed by atoms with E-state index in [1.165, 1.54) is 5.56 Å². The van der Waals surface area contributed by atoms with Gasteiger partial charge in [0.05, 0.1) is 5.60 Å². The van der Waals surface area contributed by atoms with Gasteiger partial charge in [0, 0.05) is 13.0 Å². The van der Waals surface area contributed by atoms with Crippen molar-refractivity contribution in [3.63, 3.8) is 0 Å². The molecule has 2 N–H and O–H groups in total. The first kappa shape index (κ1) is 15.6. The minimum Gasteiger partial charge on any atom is -0.445 e. The molecule has 1 atom stereocenters. The molecule has 0 aromatic heterocycles. The van der Waals surface area contributed by atoms with Crippen molar-refractivity contribution in [2.24, 2.45) is 0 Å². The molecule has 4 nitrogen and oxygen atoms in total. The van der Waals surface area contributed by atoms with E-state index in [0.29, 0.717) is 12.8 Å². The summed E-state index contributed by atoms with van der Waals surface area (Å²) in [4.78, 5) is 11.8. The highest BCUT2D eigenvalue weighted by Crippen LogP contribution is 2.28. The number of aryl methyl sites for hydroxylation is 1. The van der Waals surface area contributed by atoms with Crippen LogP contribution in [-0.4, -0.2) is 23.3 Å². The molecule has 0 saturated heterocycles. The summed E-state index contributed by atoms with van der Waals surface area (Å²) in [7, 11) is 0. The third-order valence-electron chi connectivity index (χ3n) is 4.27. The van der Waals surface area contributed by atoms with Crippen LogP contribution in [0.3, 0.4) is 0 Å². The van der Waals surface area contributed by atoms with Gasteiger partial charge in [0.1, 0.15) is 6.61 Å². The minimum atomic E-state index is -0.903. The number of benzene rings is 2. The van der Waals surface area contributed by atoms with Crippen molar-refractivity contribution >= 4 is 6.09 Å². The highest BCUT2D eigenvalue weighted by molar-refractivity contribution is 5.67. The number of fused-ring (bicyclic) bond motifs is 1. The first-order chi connectivity index (χ1) is 11.1. The van der Waals surface area contributed by atoms with Crippen LogP contribution in [0.25, 0.3) is 0 Å². The predicted molar refractivity (Wildman–Crippen MR) is 88.0 cm³/mol. The van der Waals surface area contributed by atoms with Gasteiger partial charge in [0.2, 0.25) is 0 Å². The van der Waals surface area contributed by atoms with Gasteiger partial charge in [-0.15, -0.1) is 0 Å². The van der Waals surface area contributed by atoms with Crippen LogP contribution in [0, 0.1) is 0 Å². The maximum atomic E-state index is 11.8. The third kappa shape index (κ3) is 4.11. The molecule has 1 aliphatic carbocycles. The molecular formula is C19H21NO3. The van der Waals surface area contributed by atoms with Crippen molar-refractivity contribution in [3.05, 3.63) is 71.3 Å². The summed E-state index contributed by atoms with van der Waals surface area (Å²) in [6.07, 6.45) is 1.53. The Morgan fingerprint density at radius 3 is 2.57 bits per heavy atom. The van der Waals surface area contributed by atoms with E-state index in [2.05, 4.69) is 11.4 Å². The van der Waals surface area contributed by atoms with Crippen LogP contribution >= 0.6 is 0 Å². The van der Waals surface area contributed by atoms with Gasteiger partial charge < -0.3 is 15.2 Å². The van der Waals surface area contributed by atoms with E-state index < -0.39 is 11.7 Å². The molecule has 0 heterocycles. The second-order valence-electron chi connectivity index (χ2n) is 6.09. The lowest BCUT2D eigenvalue weighted by molar-refractivity contribution is 0.0250.